The van der Waals surface area contributed by atoms with Gasteiger partial charge >= 0.3 is 5.97 Å². The highest BCUT2D eigenvalue weighted by Crippen LogP contribution is 2.43. The first-order valence-electron chi connectivity index (χ1n) is 12.1. The van der Waals surface area contributed by atoms with Gasteiger partial charge in [0.05, 0.1) is 18.0 Å². The lowest BCUT2D eigenvalue weighted by atomic mass is 9.93. The van der Waals surface area contributed by atoms with E-state index in [-0.39, 0.29) is 17.8 Å². The molecule has 0 bridgehead atoms. The Kier molecular flexibility index (Phi) is 6.43. The van der Waals surface area contributed by atoms with Crippen molar-refractivity contribution in [3.05, 3.63) is 113 Å². The number of aliphatic hydroxyl groups is 1. The molecule has 1 aliphatic heterocycles. The minimum absolute atomic E-state index is 0.00133. The summed E-state index contributed by atoms with van der Waals surface area (Å²) in [5, 5.41) is 22.4. The molecule has 0 aliphatic carbocycles. The summed E-state index contributed by atoms with van der Waals surface area (Å²) in [4.78, 5) is 41.4. The zero-order valence-corrected chi connectivity index (χ0v) is 21.0. The van der Waals surface area contributed by atoms with E-state index in [1.54, 1.807) is 36.4 Å². The second-order valence-electron chi connectivity index (χ2n) is 9.42. The van der Waals surface area contributed by atoms with Gasteiger partial charge in [0.25, 0.3) is 11.7 Å². The van der Waals surface area contributed by atoms with Gasteiger partial charge in [0.2, 0.25) is 0 Å². The second kappa shape index (κ2) is 9.86. The number of Topliss-reactive ketones (excluding diaryl/α,β-unsaturated/α-hetero) is 1. The third-order valence-corrected chi connectivity index (χ3v) is 6.78. The lowest BCUT2D eigenvalue weighted by molar-refractivity contribution is -0.136. The summed E-state index contributed by atoms with van der Waals surface area (Å²) < 4.78 is 0. The van der Waals surface area contributed by atoms with E-state index in [9.17, 15) is 19.5 Å². The Labute approximate surface area is 219 Å². The summed E-state index contributed by atoms with van der Waals surface area (Å²) >= 11 is 0. The number of carbonyl (C=O) groups is 3. The molecule has 0 aromatic heterocycles. The average molecular weight is 507 g/mol. The van der Waals surface area contributed by atoms with Crippen molar-refractivity contribution in [2.24, 2.45) is 0 Å². The Balaban J connectivity index is 1.70. The topological polar surface area (TPSA) is 98.2 Å². The van der Waals surface area contributed by atoms with Crippen LogP contribution in [0.1, 0.15) is 22.7 Å². The maximum absolute atomic E-state index is 13.5. The van der Waals surface area contributed by atoms with Gasteiger partial charge in [-0.15, -0.1) is 0 Å². The maximum atomic E-state index is 13.5. The first-order valence-corrected chi connectivity index (χ1v) is 12.1. The molecule has 1 saturated heterocycles. The Hall–Kier alpha value is -4.91. The van der Waals surface area contributed by atoms with E-state index in [0.29, 0.717) is 22.4 Å². The van der Waals surface area contributed by atoms with Gasteiger partial charge in [-0.1, -0.05) is 66.7 Å². The molecular formula is C31H26N2O5. The Morgan fingerprint density at radius 1 is 0.842 bits per heavy atom. The molecule has 1 aliphatic rings. The molecule has 5 rings (SSSR count). The number of carboxylic acids is 1. The SMILES string of the molecule is CN(C)c1ccc(C2/C(=C(/O)c3cccc4ccccc34)C(=O)C(=O)N2c2ccc(CC(=O)O)cc2)cc1. The van der Waals surface area contributed by atoms with Crippen molar-refractivity contribution in [2.45, 2.75) is 12.5 Å². The minimum atomic E-state index is -0.964. The van der Waals surface area contributed by atoms with Crippen LogP contribution in [0.4, 0.5) is 11.4 Å². The number of carboxylic acid groups (broad SMARTS) is 1. The van der Waals surface area contributed by atoms with Crippen molar-refractivity contribution in [3.63, 3.8) is 0 Å². The van der Waals surface area contributed by atoms with Crippen LogP contribution in [0.3, 0.4) is 0 Å². The van der Waals surface area contributed by atoms with E-state index in [1.165, 1.54) is 4.90 Å². The van der Waals surface area contributed by atoms with E-state index in [2.05, 4.69) is 0 Å². The Morgan fingerprint density at radius 2 is 1.50 bits per heavy atom. The molecule has 4 aromatic carbocycles. The van der Waals surface area contributed by atoms with Gasteiger partial charge in [0.15, 0.2) is 0 Å². The maximum Gasteiger partial charge on any atom is 0.307 e. The zero-order valence-electron chi connectivity index (χ0n) is 21.0. The molecule has 1 heterocycles. The number of aliphatic carboxylic acids is 1. The molecule has 1 atom stereocenters. The van der Waals surface area contributed by atoms with Gasteiger partial charge in [-0.3, -0.25) is 19.3 Å². The van der Waals surface area contributed by atoms with E-state index in [1.807, 2.05) is 73.6 Å². The smallest absolute Gasteiger partial charge is 0.307 e. The predicted molar refractivity (Wildman–Crippen MR) is 147 cm³/mol. The van der Waals surface area contributed by atoms with Crippen molar-refractivity contribution in [1.29, 1.82) is 0 Å². The molecule has 1 amide bonds. The van der Waals surface area contributed by atoms with Crippen molar-refractivity contribution in [1.82, 2.24) is 0 Å². The fourth-order valence-electron chi connectivity index (χ4n) is 4.90. The predicted octanol–water partition coefficient (Wildman–Crippen LogP) is 5.16. The first kappa shape index (κ1) is 24.8. The second-order valence-corrected chi connectivity index (χ2v) is 9.42. The average Bonchev–Trinajstić information content (AvgIpc) is 3.18. The molecule has 7 nitrogen and oxygen atoms in total. The summed E-state index contributed by atoms with van der Waals surface area (Å²) in [5.41, 5.74) is 3.07. The molecule has 190 valence electrons. The Morgan fingerprint density at radius 3 is 2.16 bits per heavy atom. The number of aliphatic hydroxyl groups excluding tert-OH is 1. The highest BCUT2D eigenvalue weighted by Gasteiger charge is 2.47. The van der Waals surface area contributed by atoms with Crippen LogP contribution >= 0.6 is 0 Å². The van der Waals surface area contributed by atoms with Crippen molar-refractivity contribution in [3.8, 4) is 0 Å². The highest BCUT2D eigenvalue weighted by molar-refractivity contribution is 6.51. The molecule has 1 unspecified atom stereocenters. The van der Waals surface area contributed by atoms with Crippen LogP contribution in [0, 0.1) is 0 Å². The van der Waals surface area contributed by atoms with Gasteiger partial charge in [0.1, 0.15) is 5.76 Å². The normalized spacial score (nSPS) is 16.7. The van der Waals surface area contributed by atoms with Crippen LogP contribution in [0.15, 0.2) is 96.6 Å². The van der Waals surface area contributed by atoms with Gasteiger partial charge in [-0.25, -0.2) is 0 Å². The number of nitrogens with zero attached hydrogens (tertiary/aromatic N) is 2. The summed E-state index contributed by atoms with van der Waals surface area (Å²) in [6.07, 6.45) is -0.157. The van der Waals surface area contributed by atoms with Gasteiger partial charge < -0.3 is 15.1 Å². The number of fused-ring (bicyclic) bond motifs is 1. The summed E-state index contributed by atoms with van der Waals surface area (Å²) in [6.45, 7) is 0. The number of hydrogen-bond acceptors (Lipinski definition) is 5. The highest BCUT2D eigenvalue weighted by atomic mass is 16.4. The fraction of sp³-hybridized carbons (Fsp3) is 0.129. The zero-order chi connectivity index (χ0) is 27.0. The lowest BCUT2D eigenvalue weighted by Gasteiger charge is -2.26. The number of carbonyl (C=O) groups excluding carboxylic acids is 2. The summed E-state index contributed by atoms with van der Waals surface area (Å²) in [6, 6.07) is 26.1. The van der Waals surface area contributed by atoms with Gasteiger partial charge in [-0.2, -0.15) is 0 Å². The van der Waals surface area contributed by atoms with Crippen LogP contribution in [0.5, 0.6) is 0 Å². The lowest BCUT2D eigenvalue weighted by Crippen LogP contribution is -2.29. The largest absolute Gasteiger partial charge is 0.507 e. The molecule has 1 fully saturated rings. The number of benzene rings is 4. The van der Waals surface area contributed by atoms with Crippen LogP contribution in [0.25, 0.3) is 16.5 Å². The molecule has 0 radical (unpaired) electrons. The molecule has 7 heteroatoms. The molecule has 0 spiro atoms. The number of ketones is 1. The molecule has 4 aromatic rings. The van der Waals surface area contributed by atoms with E-state index >= 15 is 0 Å². The quantitative estimate of drug-likeness (QED) is 0.213. The van der Waals surface area contributed by atoms with Gasteiger partial charge in [0, 0.05) is 31.0 Å². The number of anilines is 2. The van der Waals surface area contributed by atoms with E-state index < -0.39 is 23.7 Å². The van der Waals surface area contributed by atoms with Crippen molar-refractivity contribution < 1.29 is 24.6 Å². The van der Waals surface area contributed by atoms with Crippen molar-refractivity contribution >= 4 is 45.6 Å². The summed E-state index contributed by atoms with van der Waals surface area (Å²) in [7, 11) is 3.83. The van der Waals surface area contributed by atoms with E-state index in [0.717, 1.165) is 16.5 Å². The third-order valence-electron chi connectivity index (χ3n) is 6.78. The third kappa shape index (κ3) is 4.39. The van der Waals surface area contributed by atoms with Crippen LogP contribution in [-0.2, 0) is 20.8 Å². The van der Waals surface area contributed by atoms with Crippen LogP contribution in [0.2, 0.25) is 0 Å². The molecular weight excluding hydrogens is 480 g/mol. The van der Waals surface area contributed by atoms with Gasteiger partial charge in [-0.05, 0) is 46.2 Å². The molecule has 0 saturated carbocycles. The molecule has 38 heavy (non-hydrogen) atoms. The van der Waals surface area contributed by atoms with Crippen LogP contribution in [-0.4, -0.2) is 42.0 Å². The first-order chi connectivity index (χ1) is 18.3. The fourth-order valence-corrected chi connectivity index (χ4v) is 4.90. The Bertz CT molecular complexity index is 1580. The number of rotatable bonds is 6. The van der Waals surface area contributed by atoms with E-state index in [4.69, 9.17) is 5.11 Å². The molecule has 2 N–H and O–H groups in total. The summed E-state index contributed by atoms with van der Waals surface area (Å²) in [5.74, 6) is -2.76. The monoisotopic (exact) mass is 506 g/mol. The number of hydrogen-bond donors (Lipinski definition) is 2. The van der Waals surface area contributed by atoms with Crippen molar-refractivity contribution in [2.75, 3.05) is 23.9 Å². The van der Waals surface area contributed by atoms with Crippen LogP contribution < -0.4 is 9.80 Å². The minimum Gasteiger partial charge on any atom is -0.507 e. The standard InChI is InChI=1S/C31H26N2O5/c1-32(2)22-16-12-21(13-17-22)28-27(29(36)25-9-5-7-20-6-3-4-8-24(20)25)30(37)31(38)33(28)23-14-10-19(11-15-23)18-26(34)35/h3-17,28,36H,18H2,1-2H3,(H,34,35)/b29-27-. The number of amides is 1.